The molecule has 0 radical (unpaired) electrons. The molecule has 2 N–H and O–H groups in total. The van der Waals surface area contributed by atoms with Crippen LogP contribution in [-0.4, -0.2) is 30.1 Å². The SMILES string of the molecule is CCN(C1CC(C)(C)CC1C)C1CCCC1CN. The van der Waals surface area contributed by atoms with Crippen LogP contribution in [0.3, 0.4) is 0 Å². The molecule has 0 aromatic carbocycles. The lowest BCUT2D eigenvalue weighted by atomic mass is 9.91. The van der Waals surface area contributed by atoms with Gasteiger partial charge >= 0.3 is 0 Å². The van der Waals surface area contributed by atoms with Crippen molar-refractivity contribution in [1.29, 1.82) is 0 Å². The zero-order chi connectivity index (χ0) is 13.3. The Morgan fingerprint density at radius 3 is 2.39 bits per heavy atom. The molecule has 4 atom stereocenters. The van der Waals surface area contributed by atoms with Crippen LogP contribution in [-0.2, 0) is 0 Å². The van der Waals surface area contributed by atoms with Crippen LogP contribution in [0.1, 0.15) is 59.8 Å². The van der Waals surface area contributed by atoms with Gasteiger partial charge in [-0.2, -0.15) is 0 Å². The highest BCUT2D eigenvalue weighted by Crippen LogP contribution is 2.45. The summed E-state index contributed by atoms with van der Waals surface area (Å²) in [5.74, 6) is 1.60. The Morgan fingerprint density at radius 2 is 1.89 bits per heavy atom. The van der Waals surface area contributed by atoms with Gasteiger partial charge in [0.2, 0.25) is 0 Å². The van der Waals surface area contributed by atoms with E-state index in [2.05, 4.69) is 32.6 Å². The van der Waals surface area contributed by atoms with E-state index in [9.17, 15) is 0 Å². The van der Waals surface area contributed by atoms with Gasteiger partial charge in [-0.15, -0.1) is 0 Å². The predicted molar refractivity (Wildman–Crippen MR) is 78.5 cm³/mol. The van der Waals surface area contributed by atoms with Crippen LogP contribution in [0.4, 0.5) is 0 Å². The van der Waals surface area contributed by atoms with Crippen LogP contribution in [0.2, 0.25) is 0 Å². The van der Waals surface area contributed by atoms with E-state index in [-0.39, 0.29) is 0 Å². The molecule has 0 aromatic rings. The van der Waals surface area contributed by atoms with Crippen molar-refractivity contribution in [1.82, 2.24) is 4.90 Å². The highest BCUT2D eigenvalue weighted by Gasteiger charge is 2.43. The standard InChI is InChI=1S/C16H32N2/c1-5-18(14-8-6-7-13(14)11-17)15-10-16(3,4)9-12(15)2/h12-15H,5-11,17H2,1-4H3. The summed E-state index contributed by atoms with van der Waals surface area (Å²) in [5.41, 5.74) is 6.51. The Balaban J connectivity index is 2.09. The second-order valence-electron chi connectivity index (χ2n) is 7.44. The molecule has 106 valence electrons. The Morgan fingerprint density at radius 1 is 1.17 bits per heavy atom. The Hall–Kier alpha value is -0.0800. The number of nitrogens with two attached hydrogens (primary N) is 1. The van der Waals surface area contributed by atoms with Gasteiger partial charge in [0.15, 0.2) is 0 Å². The molecule has 0 aliphatic heterocycles. The molecular formula is C16H32N2. The van der Waals surface area contributed by atoms with Crippen LogP contribution < -0.4 is 5.73 Å². The molecule has 2 heteroatoms. The van der Waals surface area contributed by atoms with Crippen molar-refractivity contribution in [2.45, 2.75) is 71.9 Å². The summed E-state index contributed by atoms with van der Waals surface area (Å²) in [6, 6.07) is 1.56. The minimum absolute atomic E-state index is 0.536. The number of hydrogen-bond donors (Lipinski definition) is 1. The second-order valence-corrected chi connectivity index (χ2v) is 7.44. The van der Waals surface area contributed by atoms with Crippen LogP contribution in [0.25, 0.3) is 0 Å². The van der Waals surface area contributed by atoms with Gasteiger partial charge in [0.05, 0.1) is 0 Å². The van der Waals surface area contributed by atoms with Gasteiger partial charge in [0.25, 0.3) is 0 Å². The molecule has 0 aromatic heterocycles. The number of hydrogen-bond acceptors (Lipinski definition) is 2. The smallest absolute Gasteiger partial charge is 0.0138 e. The van der Waals surface area contributed by atoms with Crippen molar-refractivity contribution in [3.8, 4) is 0 Å². The third kappa shape index (κ3) is 2.75. The molecule has 0 spiro atoms. The van der Waals surface area contributed by atoms with Crippen molar-refractivity contribution in [2.24, 2.45) is 23.0 Å². The summed E-state index contributed by atoms with van der Waals surface area (Å²) in [6.45, 7) is 11.7. The second kappa shape index (κ2) is 5.50. The van der Waals surface area contributed by atoms with Gasteiger partial charge in [-0.3, -0.25) is 4.90 Å². The normalized spacial score (nSPS) is 39.7. The van der Waals surface area contributed by atoms with Crippen LogP contribution in [0.5, 0.6) is 0 Å². The largest absolute Gasteiger partial charge is 0.330 e. The van der Waals surface area contributed by atoms with Gasteiger partial charge in [-0.25, -0.2) is 0 Å². The maximum atomic E-state index is 5.98. The Bertz CT molecular complexity index is 274. The van der Waals surface area contributed by atoms with Crippen molar-refractivity contribution in [3.05, 3.63) is 0 Å². The van der Waals surface area contributed by atoms with E-state index in [1.807, 2.05) is 0 Å². The lowest BCUT2D eigenvalue weighted by molar-refractivity contribution is 0.0914. The fourth-order valence-electron chi connectivity index (χ4n) is 4.75. The van der Waals surface area contributed by atoms with E-state index in [0.717, 1.165) is 30.5 Å². The predicted octanol–water partition coefficient (Wildman–Crippen LogP) is 3.26. The molecular weight excluding hydrogens is 220 g/mol. The molecule has 4 unspecified atom stereocenters. The van der Waals surface area contributed by atoms with E-state index >= 15 is 0 Å². The first kappa shape index (κ1) is 14.3. The first-order valence-electron chi connectivity index (χ1n) is 7.94. The minimum Gasteiger partial charge on any atom is -0.330 e. The first-order chi connectivity index (χ1) is 8.48. The van der Waals surface area contributed by atoms with E-state index in [0.29, 0.717) is 5.41 Å². The quantitative estimate of drug-likeness (QED) is 0.832. The van der Waals surface area contributed by atoms with Crippen LogP contribution in [0, 0.1) is 17.3 Å². The molecule has 2 fully saturated rings. The molecule has 0 amide bonds. The van der Waals surface area contributed by atoms with Crippen LogP contribution >= 0.6 is 0 Å². The monoisotopic (exact) mass is 252 g/mol. The van der Waals surface area contributed by atoms with Crippen molar-refractivity contribution >= 4 is 0 Å². The van der Waals surface area contributed by atoms with E-state index in [1.54, 1.807) is 0 Å². The van der Waals surface area contributed by atoms with Crippen molar-refractivity contribution in [2.75, 3.05) is 13.1 Å². The van der Waals surface area contributed by atoms with Crippen molar-refractivity contribution in [3.63, 3.8) is 0 Å². The third-order valence-corrected chi connectivity index (χ3v) is 5.43. The fraction of sp³-hybridized carbons (Fsp3) is 1.00. The fourth-order valence-corrected chi connectivity index (χ4v) is 4.75. The van der Waals surface area contributed by atoms with Gasteiger partial charge in [-0.05, 0) is 56.0 Å². The zero-order valence-corrected chi connectivity index (χ0v) is 12.8. The summed E-state index contributed by atoms with van der Waals surface area (Å²) < 4.78 is 0. The molecule has 2 nitrogen and oxygen atoms in total. The molecule has 0 bridgehead atoms. The van der Waals surface area contributed by atoms with E-state index in [1.165, 1.54) is 38.6 Å². The molecule has 2 rings (SSSR count). The minimum atomic E-state index is 0.536. The van der Waals surface area contributed by atoms with Crippen LogP contribution in [0.15, 0.2) is 0 Å². The molecule has 2 saturated carbocycles. The zero-order valence-electron chi connectivity index (χ0n) is 12.8. The average molecular weight is 252 g/mol. The Labute approximate surface area is 113 Å². The highest BCUT2D eigenvalue weighted by atomic mass is 15.2. The maximum absolute atomic E-state index is 5.98. The summed E-state index contributed by atoms with van der Waals surface area (Å²) in [7, 11) is 0. The molecule has 2 aliphatic carbocycles. The van der Waals surface area contributed by atoms with Crippen molar-refractivity contribution < 1.29 is 0 Å². The van der Waals surface area contributed by atoms with Gasteiger partial charge in [-0.1, -0.05) is 34.1 Å². The molecule has 2 aliphatic rings. The summed E-state index contributed by atoms with van der Waals surface area (Å²) in [5, 5.41) is 0. The van der Waals surface area contributed by atoms with E-state index < -0.39 is 0 Å². The number of nitrogens with zero attached hydrogens (tertiary/aromatic N) is 1. The molecule has 0 heterocycles. The van der Waals surface area contributed by atoms with Gasteiger partial charge in [0.1, 0.15) is 0 Å². The summed E-state index contributed by atoms with van der Waals surface area (Å²) in [6.07, 6.45) is 6.86. The summed E-state index contributed by atoms with van der Waals surface area (Å²) >= 11 is 0. The van der Waals surface area contributed by atoms with Gasteiger partial charge in [0, 0.05) is 12.1 Å². The lowest BCUT2D eigenvalue weighted by Gasteiger charge is -2.39. The molecule has 18 heavy (non-hydrogen) atoms. The Kier molecular flexibility index (Phi) is 4.38. The lowest BCUT2D eigenvalue weighted by Crippen LogP contribution is -2.47. The third-order valence-electron chi connectivity index (χ3n) is 5.43. The first-order valence-corrected chi connectivity index (χ1v) is 7.94. The highest BCUT2D eigenvalue weighted by molar-refractivity contribution is 4.97. The topological polar surface area (TPSA) is 29.3 Å². The van der Waals surface area contributed by atoms with Gasteiger partial charge < -0.3 is 5.73 Å². The maximum Gasteiger partial charge on any atom is 0.0138 e. The number of rotatable bonds is 4. The average Bonchev–Trinajstić information content (AvgIpc) is 2.85. The molecule has 0 saturated heterocycles. The van der Waals surface area contributed by atoms with E-state index in [4.69, 9.17) is 5.73 Å². The summed E-state index contributed by atoms with van der Waals surface area (Å²) in [4.78, 5) is 2.81.